The van der Waals surface area contributed by atoms with Gasteiger partial charge < -0.3 is 16.5 Å². The van der Waals surface area contributed by atoms with Crippen molar-refractivity contribution in [2.24, 2.45) is 5.73 Å². The highest BCUT2D eigenvalue weighted by Crippen LogP contribution is 2.16. The number of fused-ring (bicyclic) bond motifs is 1. The van der Waals surface area contributed by atoms with Crippen molar-refractivity contribution in [2.45, 2.75) is 0 Å². The third-order valence-corrected chi connectivity index (χ3v) is 2.37. The van der Waals surface area contributed by atoms with Crippen LogP contribution in [0, 0.1) is 0 Å². The summed E-state index contributed by atoms with van der Waals surface area (Å²) in [5.41, 5.74) is 12.0. The van der Waals surface area contributed by atoms with Gasteiger partial charge in [0, 0.05) is 6.20 Å². The van der Waals surface area contributed by atoms with Crippen LogP contribution in [0.1, 0.15) is 10.4 Å². The fourth-order valence-corrected chi connectivity index (χ4v) is 1.57. The van der Waals surface area contributed by atoms with Crippen molar-refractivity contribution in [3.05, 3.63) is 24.3 Å². The maximum atomic E-state index is 11.0. The maximum Gasteiger partial charge on any atom is 0.251 e. The summed E-state index contributed by atoms with van der Waals surface area (Å²) in [4.78, 5) is 25.9. The Morgan fingerprint density at radius 1 is 1.39 bits per heavy atom. The molecule has 0 saturated carbocycles. The van der Waals surface area contributed by atoms with Crippen LogP contribution < -0.4 is 11.5 Å². The molecule has 0 radical (unpaired) electrons. The first-order valence-corrected chi connectivity index (χ1v) is 4.96. The van der Waals surface area contributed by atoms with Gasteiger partial charge in [-0.25, -0.2) is 9.67 Å². The Labute approximate surface area is 99.9 Å². The minimum absolute atomic E-state index is 0.0701. The summed E-state index contributed by atoms with van der Waals surface area (Å²) in [5, 5.41) is 4.00. The van der Waals surface area contributed by atoms with Crippen LogP contribution in [-0.4, -0.2) is 35.6 Å². The first-order valence-electron chi connectivity index (χ1n) is 4.96. The summed E-state index contributed by atoms with van der Waals surface area (Å²) >= 11 is 0. The summed E-state index contributed by atoms with van der Waals surface area (Å²) in [5.74, 6) is -0.0904. The quantitative estimate of drug-likeness (QED) is 0.539. The molecule has 3 heterocycles. The monoisotopic (exact) mass is 244 g/mol. The van der Waals surface area contributed by atoms with E-state index in [1.54, 1.807) is 0 Å². The van der Waals surface area contributed by atoms with Crippen molar-refractivity contribution in [3.8, 4) is 5.82 Å². The van der Waals surface area contributed by atoms with Crippen molar-refractivity contribution in [3.63, 3.8) is 0 Å². The van der Waals surface area contributed by atoms with Crippen molar-refractivity contribution >= 4 is 23.0 Å². The number of rotatable bonds is 2. The van der Waals surface area contributed by atoms with E-state index < -0.39 is 5.91 Å². The summed E-state index contributed by atoms with van der Waals surface area (Å²) in [6.07, 6.45) is 4.29. The van der Waals surface area contributed by atoms with Crippen LogP contribution in [0.5, 0.6) is 0 Å². The molecule has 0 spiro atoms. The largest absolute Gasteiger partial charge is 0.368 e. The van der Waals surface area contributed by atoms with Gasteiger partial charge in [-0.3, -0.25) is 4.79 Å². The van der Waals surface area contributed by atoms with E-state index in [9.17, 15) is 4.79 Å². The van der Waals surface area contributed by atoms with E-state index in [1.165, 1.54) is 23.4 Å². The number of amides is 1. The number of nitrogens with two attached hydrogens (primary N) is 2. The zero-order valence-corrected chi connectivity index (χ0v) is 9.03. The van der Waals surface area contributed by atoms with Crippen LogP contribution >= 0.6 is 0 Å². The fraction of sp³-hybridized carbons (Fsp3) is 0. The molecule has 3 rings (SSSR count). The lowest BCUT2D eigenvalue weighted by Crippen LogP contribution is -2.09. The number of imidazole rings is 1. The lowest BCUT2D eigenvalue weighted by molar-refractivity contribution is 0.100. The van der Waals surface area contributed by atoms with E-state index in [0.717, 1.165) is 0 Å². The van der Waals surface area contributed by atoms with Crippen LogP contribution in [0.4, 0.5) is 5.95 Å². The Balaban J connectivity index is 2.23. The van der Waals surface area contributed by atoms with Gasteiger partial charge >= 0.3 is 0 Å². The van der Waals surface area contributed by atoms with Crippen molar-refractivity contribution in [2.75, 3.05) is 5.73 Å². The second-order valence-electron chi connectivity index (χ2n) is 3.54. The maximum absolute atomic E-state index is 11.0. The number of nitrogens with zero attached hydrogens (tertiary/aromatic N) is 5. The van der Waals surface area contributed by atoms with Gasteiger partial charge in [0.05, 0.1) is 18.1 Å². The van der Waals surface area contributed by atoms with E-state index >= 15 is 0 Å². The molecule has 18 heavy (non-hydrogen) atoms. The Morgan fingerprint density at radius 2 is 2.22 bits per heavy atom. The molecule has 5 N–H and O–H groups in total. The third kappa shape index (κ3) is 1.45. The molecule has 0 aromatic carbocycles. The highest BCUT2D eigenvalue weighted by Gasteiger charge is 2.12. The number of carbonyl (C=O) groups is 1. The van der Waals surface area contributed by atoms with Gasteiger partial charge in [0.1, 0.15) is 5.52 Å². The van der Waals surface area contributed by atoms with Crippen LogP contribution in [0.25, 0.3) is 17.0 Å². The molecule has 3 aromatic heterocycles. The Kier molecular flexibility index (Phi) is 1.99. The van der Waals surface area contributed by atoms with Gasteiger partial charge in [0.15, 0.2) is 11.5 Å². The number of aromatic nitrogens is 6. The molecule has 0 saturated heterocycles. The number of carbonyl (C=O) groups excluding carboxylic acids is 1. The normalized spacial score (nSPS) is 10.9. The smallest absolute Gasteiger partial charge is 0.251 e. The van der Waals surface area contributed by atoms with E-state index in [0.29, 0.717) is 17.0 Å². The minimum Gasteiger partial charge on any atom is -0.368 e. The highest BCUT2D eigenvalue weighted by atomic mass is 16.1. The predicted octanol–water partition coefficient (Wildman–Crippen LogP) is -0.780. The lowest BCUT2D eigenvalue weighted by Gasteiger charge is -2.01. The Hall–Kier alpha value is -2.97. The van der Waals surface area contributed by atoms with E-state index in [1.807, 2.05) is 0 Å². The number of hydrogen-bond acceptors (Lipinski definition) is 6. The number of aromatic amines is 1. The number of primary amides is 1. The second kappa shape index (κ2) is 3.52. The molecule has 90 valence electrons. The van der Waals surface area contributed by atoms with E-state index in [4.69, 9.17) is 11.5 Å². The molecule has 3 aromatic rings. The van der Waals surface area contributed by atoms with Gasteiger partial charge in [-0.05, 0) is 0 Å². The standard InChI is InChI=1S/C9H8N8O/c10-6(18)4-1-14-17(2-4)8-5-7(13-3-12-5)15-9(11)16-8/h1-3H,(H2,10,18)(H3,11,12,13,15,16). The molecule has 9 heteroatoms. The van der Waals surface area contributed by atoms with Gasteiger partial charge in [0.2, 0.25) is 5.95 Å². The first kappa shape index (κ1) is 10.2. The molecule has 1 amide bonds. The Morgan fingerprint density at radius 3 is 2.94 bits per heavy atom. The highest BCUT2D eigenvalue weighted by molar-refractivity contribution is 5.92. The van der Waals surface area contributed by atoms with Gasteiger partial charge in [-0.15, -0.1) is 0 Å². The summed E-state index contributed by atoms with van der Waals surface area (Å²) in [7, 11) is 0. The predicted molar refractivity (Wildman–Crippen MR) is 61.7 cm³/mol. The van der Waals surface area contributed by atoms with Crippen molar-refractivity contribution < 1.29 is 4.79 Å². The number of hydrogen-bond donors (Lipinski definition) is 3. The van der Waals surface area contributed by atoms with E-state index in [2.05, 4.69) is 25.0 Å². The minimum atomic E-state index is -0.566. The van der Waals surface area contributed by atoms with Gasteiger partial charge in [-0.2, -0.15) is 15.1 Å². The summed E-state index contributed by atoms with van der Waals surface area (Å²) < 4.78 is 1.39. The fourth-order valence-electron chi connectivity index (χ4n) is 1.57. The van der Waals surface area contributed by atoms with E-state index in [-0.39, 0.29) is 11.5 Å². The Bertz CT molecular complexity index is 742. The SMILES string of the molecule is NC(=O)c1cnn(-c2nc(N)nc3nc[nH]c23)c1. The van der Waals surface area contributed by atoms with Crippen LogP contribution in [0.3, 0.4) is 0 Å². The molecule has 0 atom stereocenters. The number of H-pyrrole nitrogens is 1. The second-order valence-corrected chi connectivity index (χ2v) is 3.54. The molecular weight excluding hydrogens is 236 g/mol. The average Bonchev–Trinajstić information content (AvgIpc) is 2.95. The average molecular weight is 244 g/mol. The van der Waals surface area contributed by atoms with Crippen LogP contribution in [0.2, 0.25) is 0 Å². The molecule has 0 aliphatic heterocycles. The van der Waals surface area contributed by atoms with Crippen molar-refractivity contribution in [1.29, 1.82) is 0 Å². The van der Waals surface area contributed by atoms with Crippen LogP contribution in [-0.2, 0) is 0 Å². The van der Waals surface area contributed by atoms with Gasteiger partial charge in [-0.1, -0.05) is 0 Å². The molecule has 0 unspecified atom stereocenters. The molecule has 0 fully saturated rings. The summed E-state index contributed by atoms with van der Waals surface area (Å²) in [6.45, 7) is 0. The number of anilines is 1. The number of nitrogens with one attached hydrogen (secondary N) is 1. The zero-order chi connectivity index (χ0) is 12.7. The zero-order valence-electron chi connectivity index (χ0n) is 9.03. The molecule has 0 aliphatic rings. The lowest BCUT2D eigenvalue weighted by atomic mass is 10.3. The van der Waals surface area contributed by atoms with Crippen molar-refractivity contribution in [1.82, 2.24) is 29.7 Å². The van der Waals surface area contributed by atoms with Crippen LogP contribution in [0.15, 0.2) is 18.7 Å². The molecule has 0 aliphatic carbocycles. The molecule has 0 bridgehead atoms. The number of nitrogen functional groups attached to an aromatic ring is 1. The molecule has 9 nitrogen and oxygen atoms in total. The van der Waals surface area contributed by atoms with Gasteiger partial charge in [0.25, 0.3) is 5.91 Å². The first-order chi connectivity index (χ1) is 8.65. The third-order valence-electron chi connectivity index (χ3n) is 2.37. The summed E-state index contributed by atoms with van der Waals surface area (Å²) in [6, 6.07) is 0. The topological polar surface area (TPSA) is 141 Å². The molecular formula is C9H8N8O.